The fourth-order valence-corrected chi connectivity index (χ4v) is 3.94. The molecule has 4 heteroatoms. The first-order valence-corrected chi connectivity index (χ1v) is 7.39. The molecular formula is C14H18N2OS. The number of amides is 1. The zero-order chi connectivity index (χ0) is 12.5. The zero-order valence-corrected chi connectivity index (χ0v) is 11.4. The number of thioether (sulfide) groups is 1. The molecule has 2 heterocycles. The molecule has 1 saturated heterocycles. The fraction of sp³-hybridized carbons (Fsp3) is 0.500. The quantitative estimate of drug-likeness (QED) is 0.833. The number of carbonyl (C=O) groups is 1. The highest BCUT2D eigenvalue weighted by atomic mass is 32.2. The van der Waals surface area contributed by atoms with Crippen molar-refractivity contribution in [1.29, 1.82) is 0 Å². The molecule has 0 aromatic heterocycles. The summed E-state index contributed by atoms with van der Waals surface area (Å²) in [5.74, 6) is 0.310. The molecule has 1 aromatic carbocycles. The molecule has 1 unspecified atom stereocenters. The maximum absolute atomic E-state index is 12.5. The van der Waals surface area contributed by atoms with E-state index in [-0.39, 0.29) is 5.25 Å². The molecule has 2 aliphatic heterocycles. The van der Waals surface area contributed by atoms with Crippen molar-refractivity contribution < 1.29 is 4.79 Å². The first kappa shape index (κ1) is 12.1. The van der Waals surface area contributed by atoms with Crippen LogP contribution in [0.2, 0.25) is 0 Å². The van der Waals surface area contributed by atoms with Gasteiger partial charge in [-0.1, -0.05) is 18.2 Å². The van der Waals surface area contributed by atoms with Crippen LogP contribution in [-0.4, -0.2) is 41.7 Å². The van der Waals surface area contributed by atoms with Gasteiger partial charge in [0.15, 0.2) is 0 Å². The van der Waals surface area contributed by atoms with Crippen LogP contribution < -0.4 is 5.32 Å². The molecule has 96 valence electrons. The van der Waals surface area contributed by atoms with E-state index in [1.807, 2.05) is 11.0 Å². The third-order valence-corrected chi connectivity index (χ3v) is 4.91. The molecule has 1 amide bonds. The summed E-state index contributed by atoms with van der Waals surface area (Å²) in [5.41, 5.74) is 1.32. The Bertz CT molecular complexity index is 438. The van der Waals surface area contributed by atoms with Gasteiger partial charge in [0, 0.05) is 30.6 Å². The van der Waals surface area contributed by atoms with Crippen LogP contribution in [0.25, 0.3) is 0 Å². The van der Waals surface area contributed by atoms with Crippen LogP contribution >= 0.6 is 11.8 Å². The van der Waals surface area contributed by atoms with Crippen LogP contribution in [0.3, 0.4) is 0 Å². The van der Waals surface area contributed by atoms with E-state index >= 15 is 0 Å². The van der Waals surface area contributed by atoms with Gasteiger partial charge < -0.3 is 10.2 Å². The van der Waals surface area contributed by atoms with Crippen molar-refractivity contribution in [2.75, 3.05) is 19.6 Å². The summed E-state index contributed by atoms with van der Waals surface area (Å²) >= 11 is 1.73. The minimum Gasteiger partial charge on any atom is -0.339 e. The molecule has 18 heavy (non-hydrogen) atoms. The largest absolute Gasteiger partial charge is 0.339 e. The van der Waals surface area contributed by atoms with Gasteiger partial charge in [0.05, 0.1) is 5.25 Å². The molecule has 3 nitrogen and oxygen atoms in total. The lowest BCUT2D eigenvalue weighted by Crippen LogP contribution is -2.53. The van der Waals surface area contributed by atoms with Crippen molar-refractivity contribution in [1.82, 2.24) is 10.2 Å². The van der Waals surface area contributed by atoms with Gasteiger partial charge in [0.25, 0.3) is 0 Å². The first-order valence-electron chi connectivity index (χ1n) is 6.51. The van der Waals surface area contributed by atoms with Crippen LogP contribution in [-0.2, 0) is 11.2 Å². The summed E-state index contributed by atoms with van der Waals surface area (Å²) in [6, 6.07) is 8.77. The van der Waals surface area contributed by atoms with E-state index in [1.165, 1.54) is 10.5 Å². The lowest BCUT2D eigenvalue weighted by molar-refractivity contribution is -0.131. The van der Waals surface area contributed by atoms with Gasteiger partial charge in [-0.05, 0) is 25.0 Å². The lowest BCUT2D eigenvalue weighted by Gasteiger charge is -2.33. The van der Waals surface area contributed by atoms with E-state index in [0.29, 0.717) is 11.9 Å². The lowest BCUT2D eigenvalue weighted by atomic mass is 10.1. The van der Waals surface area contributed by atoms with E-state index in [1.54, 1.807) is 11.8 Å². The van der Waals surface area contributed by atoms with Crippen molar-refractivity contribution in [2.45, 2.75) is 29.5 Å². The van der Waals surface area contributed by atoms with Crippen molar-refractivity contribution in [3.63, 3.8) is 0 Å². The Morgan fingerprint density at radius 3 is 3.06 bits per heavy atom. The molecule has 0 aliphatic carbocycles. The van der Waals surface area contributed by atoms with Crippen LogP contribution in [0.1, 0.15) is 12.5 Å². The Labute approximate surface area is 112 Å². The highest BCUT2D eigenvalue weighted by Crippen LogP contribution is 2.37. The molecular weight excluding hydrogens is 244 g/mol. The fourth-order valence-electron chi connectivity index (χ4n) is 2.66. The van der Waals surface area contributed by atoms with Gasteiger partial charge in [0.2, 0.25) is 5.91 Å². The smallest absolute Gasteiger partial charge is 0.236 e. The molecule has 0 bridgehead atoms. The topological polar surface area (TPSA) is 32.3 Å². The molecule has 3 rings (SSSR count). The summed E-state index contributed by atoms with van der Waals surface area (Å²) in [7, 11) is 0. The average molecular weight is 262 g/mol. The van der Waals surface area contributed by atoms with Gasteiger partial charge in [-0.15, -0.1) is 11.8 Å². The van der Waals surface area contributed by atoms with Crippen molar-refractivity contribution in [2.24, 2.45) is 0 Å². The Balaban J connectivity index is 1.68. The third kappa shape index (κ3) is 2.27. The second-order valence-electron chi connectivity index (χ2n) is 5.06. The number of piperazine rings is 1. The van der Waals surface area contributed by atoms with E-state index in [2.05, 4.69) is 30.4 Å². The number of rotatable bonds is 1. The molecule has 2 atom stereocenters. The Morgan fingerprint density at radius 1 is 1.44 bits per heavy atom. The Morgan fingerprint density at radius 2 is 2.28 bits per heavy atom. The van der Waals surface area contributed by atoms with Crippen LogP contribution in [0.5, 0.6) is 0 Å². The number of carbonyl (C=O) groups excluding carboxylic acids is 1. The third-order valence-electron chi connectivity index (χ3n) is 3.60. The van der Waals surface area contributed by atoms with Crippen molar-refractivity contribution in [3.05, 3.63) is 29.8 Å². The highest BCUT2D eigenvalue weighted by Gasteiger charge is 2.32. The SMILES string of the molecule is C[C@H]1CN(C(=O)C2Cc3ccccc3S2)CCN1. The standard InChI is InChI=1S/C14H18N2OS/c1-10-9-16(7-6-15-10)14(17)13-8-11-4-2-3-5-12(11)18-13/h2-5,10,13,15H,6-9H2,1H3/t10-,13?/m0/s1. The second-order valence-corrected chi connectivity index (χ2v) is 6.30. The molecule has 2 aliphatic rings. The summed E-state index contributed by atoms with van der Waals surface area (Å²) in [6.07, 6.45) is 0.887. The van der Waals surface area contributed by atoms with Crippen LogP contribution in [0.4, 0.5) is 0 Å². The minimum atomic E-state index is 0.0905. The van der Waals surface area contributed by atoms with E-state index in [0.717, 1.165) is 26.1 Å². The van der Waals surface area contributed by atoms with Gasteiger partial charge in [-0.3, -0.25) is 4.79 Å². The van der Waals surface area contributed by atoms with Gasteiger partial charge >= 0.3 is 0 Å². The van der Waals surface area contributed by atoms with Gasteiger partial charge in [-0.25, -0.2) is 0 Å². The molecule has 0 radical (unpaired) electrons. The highest BCUT2D eigenvalue weighted by molar-refractivity contribution is 8.01. The number of nitrogens with zero attached hydrogens (tertiary/aromatic N) is 1. The number of nitrogens with one attached hydrogen (secondary N) is 1. The monoisotopic (exact) mass is 262 g/mol. The maximum atomic E-state index is 12.5. The number of benzene rings is 1. The molecule has 1 aromatic rings. The minimum absolute atomic E-state index is 0.0905. The summed E-state index contributed by atoms with van der Waals surface area (Å²) in [4.78, 5) is 15.8. The van der Waals surface area contributed by atoms with Crippen LogP contribution in [0, 0.1) is 0 Å². The van der Waals surface area contributed by atoms with Crippen LogP contribution in [0.15, 0.2) is 29.2 Å². The Hall–Kier alpha value is -1.00. The molecule has 1 fully saturated rings. The van der Waals surface area contributed by atoms with E-state index in [9.17, 15) is 4.79 Å². The second kappa shape index (κ2) is 4.94. The molecule has 1 N–H and O–H groups in total. The Kier molecular flexibility index (Phi) is 3.31. The maximum Gasteiger partial charge on any atom is 0.236 e. The number of fused-ring (bicyclic) bond motifs is 1. The van der Waals surface area contributed by atoms with Crippen molar-refractivity contribution in [3.8, 4) is 0 Å². The van der Waals surface area contributed by atoms with E-state index < -0.39 is 0 Å². The summed E-state index contributed by atoms with van der Waals surface area (Å²) in [5, 5.41) is 3.46. The normalized spacial score (nSPS) is 27.1. The van der Waals surface area contributed by atoms with E-state index in [4.69, 9.17) is 0 Å². The molecule has 0 saturated carbocycles. The average Bonchev–Trinajstić information content (AvgIpc) is 2.81. The van der Waals surface area contributed by atoms with Gasteiger partial charge in [0.1, 0.15) is 0 Å². The number of hydrogen-bond acceptors (Lipinski definition) is 3. The zero-order valence-electron chi connectivity index (χ0n) is 10.6. The predicted octanol–water partition coefficient (Wildman–Crippen LogP) is 1.52. The van der Waals surface area contributed by atoms with Crippen molar-refractivity contribution >= 4 is 17.7 Å². The van der Waals surface area contributed by atoms with Gasteiger partial charge in [-0.2, -0.15) is 0 Å². The predicted molar refractivity (Wildman–Crippen MR) is 73.8 cm³/mol. The summed E-state index contributed by atoms with van der Waals surface area (Å²) < 4.78 is 0. The number of hydrogen-bond donors (Lipinski definition) is 1. The summed E-state index contributed by atoms with van der Waals surface area (Å²) in [6.45, 7) is 4.73. The first-order chi connectivity index (χ1) is 8.74. The molecule has 0 spiro atoms.